The Labute approximate surface area is 771 Å². The molecule has 5 aromatic rings. The van der Waals surface area contributed by atoms with Crippen LogP contribution in [-0.4, -0.2) is 291 Å². The first-order valence-corrected chi connectivity index (χ1v) is 45.9. The number of carboxylic acid groups (broad SMARTS) is 2. The maximum absolute atomic E-state index is 15.3. The fourth-order valence-corrected chi connectivity index (χ4v) is 15.6. The third-order valence-corrected chi connectivity index (χ3v) is 22.4. The molecule has 0 unspecified atom stereocenters. The standard InChI is InChI=1S/C87H125N17O26S2/c1-49(2)37-63-79(115)93-46-72(107)96-62(21-22-73(108)109)80(116)99-64(38-50(3)4)85(121)104-76(51(5)6)87(123)101-66(40-56-45-91-61-16-12-10-14-59(56)61)82(118)102-69(77(89)113)47-131-132-48-70(103-84(120)68(42-74(110)111)95-53(8)105)86(122)94-52(7)78(114)97-65(39-55-44-90-60-15-11-9-13-58(55)60)81(117)100-67(83(119)98-63)41-71(106)92-43-54-17-19-57(20-18-54)130-75(112)23-25-124-27-29-126-31-33-128-35-36-129-34-32-127-30-28-125-26-24-88/h9-20,44-45,49-52,62-70,76,90-91H,21-43,46-48,88H2,1-8H3,(H2,89,113)(H,92,106)(H,93,115)(H,94,122)(H,95,105)(H,96,107)(H,97,114)(H,98,119)(H,99,116)(H,100,117)(H,101,123)(H,102,118)(H,103,120)(H,104,121)(H,108,109)(H,110,111)/t52-,62-,63-,64-,65-,66-,67-,68-,69-,70-,76-/m0/s1. The molecular weight excluding hydrogens is 1760 g/mol. The maximum Gasteiger partial charge on any atom is 0.313 e. The van der Waals surface area contributed by atoms with Crippen LogP contribution in [-0.2, 0) is 129 Å². The van der Waals surface area contributed by atoms with Crippen molar-refractivity contribution in [3.8, 4) is 5.75 Å². The fraction of sp³-hybridized carbons (Fsp3) is 0.552. The molecule has 0 bridgehead atoms. The van der Waals surface area contributed by atoms with E-state index < -0.39 is 217 Å². The Kier molecular flexibility index (Phi) is 48.0. The number of nitrogens with one attached hydrogen (secondary N) is 15. The number of esters is 1. The molecule has 21 N–H and O–H groups in total. The lowest BCUT2D eigenvalue weighted by atomic mass is 9.98. The van der Waals surface area contributed by atoms with Crippen molar-refractivity contribution < 1.29 is 125 Å². The number of carbonyl (C=O) groups excluding carboxylic acids is 15. The van der Waals surface area contributed by atoms with Gasteiger partial charge in [0, 0.05) is 85.0 Å². The van der Waals surface area contributed by atoms with E-state index in [4.69, 9.17) is 44.6 Å². The average Bonchev–Trinajstić information content (AvgIpc) is 1.65. The van der Waals surface area contributed by atoms with E-state index in [1.54, 1.807) is 102 Å². The number of nitrogens with two attached hydrogens (primary N) is 2. The van der Waals surface area contributed by atoms with Gasteiger partial charge >= 0.3 is 17.9 Å². The SMILES string of the molecule is CC(=O)N[C@@H](CC(=O)O)C(=O)N[C@H]1CSSC[C@@H](C(N)=O)NC(=O)[C@H](Cc2c[nH]c3ccccc23)NC(=O)[C@H](C(C)C)NC(=O)[C@H](CC(C)C)NC(=O)[C@H](CCC(=O)O)NC(=O)CNC(=O)[C@H](CC(C)C)NC(=O)[C@H](CC(=O)NCc2ccc(OC(=O)CCOCCOCCOCCOCCOCCOCCN)cc2)NC(=O)[C@H](Cc2c[nH]c3ccccc23)NC(=O)[C@H](C)NC1=O. The van der Waals surface area contributed by atoms with Crippen molar-refractivity contribution >= 4 is 144 Å². The molecule has 3 aromatic carbocycles. The van der Waals surface area contributed by atoms with Crippen molar-refractivity contribution in [3.63, 3.8) is 0 Å². The average molecular weight is 1890 g/mol. The van der Waals surface area contributed by atoms with Gasteiger partial charge in [0.2, 0.25) is 82.7 Å². The lowest BCUT2D eigenvalue weighted by Crippen LogP contribution is -2.61. The molecule has 14 amide bonds. The number of aliphatic carboxylic acids is 2. The second kappa shape index (κ2) is 58.1. The zero-order chi connectivity index (χ0) is 96.8. The monoisotopic (exact) mass is 1890 g/mol. The largest absolute Gasteiger partial charge is 0.481 e. The highest BCUT2D eigenvalue weighted by Crippen LogP contribution is 2.26. The Balaban J connectivity index is 1.30. The molecule has 0 spiro atoms. The normalized spacial score (nSPS) is 20.5. The van der Waals surface area contributed by atoms with Gasteiger partial charge in [-0.05, 0) is 84.9 Å². The molecule has 726 valence electrons. The van der Waals surface area contributed by atoms with Crippen molar-refractivity contribution in [2.24, 2.45) is 29.2 Å². The van der Waals surface area contributed by atoms with Gasteiger partial charge in [0.05, 0.1) is 105 Å². The van der Waals surface area contributed by atoms with E-state index in [2.05, 4.69) is 79.1 Å². The number of H-pyrrole nitrogens is 2. The molecule has 1 aliphatic rings. The van der Waals surface area contributed by atoms with Crippen molar-refractivity contribution in [1.82, 2.24) is 79.1 Å². The van der Waals surface area contributed by atoms with E-state index in [9.17, 15) is 82.1 Å². The number of aromatic amines is 2. The van der Waals surface area contributed by atoms with Crippen LogP contribution in [0.1, 0.15) is 117 Å². The number of ether oxygens (including phenoxy) is 7. The van der Waals surface area contributed by atoms with Gasteiger partial charge in [-0.3, -0.25) is 81.5 Å². The fourth-order valence-electron chi connectivity index (χ4n) is 13.2. The topological polar surface area (TPSA) is 635 Å². The van der Waals surface area contributed by atoms with Crippen LogP contribution >= 0.6 is 21.6 Å². The number of amides is 14. The zero-order valence-corrected chi connectivity index (χ0v) is 76.8. The van der Waals surface area contributed by atoms with Gasteiger partial charge in [-0.1, -0.05) is 112 Å². The summed E-state index contributed by atoms with van der Waals surface area (Å²) < 4.78 is 38.2. The van der Waals surface area contributed by atoms with Crippen LogP contribution in [0.2, 0.25) is 0 Å². The molecule has 1 fully saturated rings. The molecular formula is C87H125N17O26S2. The molecule has 43 nitrogen and oxygen atoms in total. The Morgan fingerprint density at radius 3 is 1.50 bits per heavy atom. The highest BCUT2D eigenvalue weighted by atomic mass is 33.1. The number of carboxylic acids is 2. The first kappa shape index (κ1) is 109. The summed E-state index contributed by atoms with van der Waals surface area (Å²) in [5, 5.41) is 53.8. The lowest BCUT2D eigenvalue weighted by molar-refractivity contribution is -0.141. The number of primary amides is 1. The molecule has 11 atom stereocenters. The van der Waals surface area contributed by atoms with Gasteiger partial charge in [0.25, 0.3) is 0 Å². The molecule has 132 heavy (non-hydrogen) atoms. The number of hydrogen-bond donors (Lipinski definition) is 19. The van der Waals surface area contributed by atoms with Crippen LogP contribution in [0.25, 0.3) is 21.8 Å². The molecule has 2 aromatic heterocycles. The van der Waals surface area contributed by atoms with Crippen LogP contribution in [0.15, 0.2) is 85.2 Å². The minimum Gasteiger partial charge on any atom is -0.481 e. The minimum absolute atomic E-state index is 0.0191. The summed E-state index contributed by atoms with van der Waals surface area (Å²) in [5.74, 6) is -20.1. The summed E-state index contributed by atoms with van der Waals surface area (Å²) in [6.45, 7) is 15.5. The molecule has 6 rings (SSSR count). The number of carbonyl (C=O) groups is 17. The lowest BCUT2D eigenvalue weighted by Gasteiger charge is -2.29. The summed E-state index contributed by atoms with van der Waals surface area (Å²) >= 11 is 0. The predicted molar refractivity (Wildman–Crippen MR) is 484 cm³/mol. The molecule has 3 heterocycles. The second-order valence-corrected chi connectivity index (χ2v) is 34.7. The number of aromatic nitrogens is 2. The highest BCUT2D eigenvalue weighted by Gasteiger charge is 2.39. The van der Waals surface area contributed by atoms with Crippen LogP contribution in [0.4, 0.5) is 0 Å². The first-order chi connectivity index (χ1) is 63.0. The van der Waals surface area contributed by atoms with Crippen LogP contribution in [0.5, 0.6) is 5.75 Å². The van der Waals surface area contributed by atoms with Gasteiger partial charge < -0.3 is 134 Å². The molecule has 45 heteroatoms. The zero-order valence-electron chi connectivity index (χ0n) is 75.2. The Morgan fingerprint density at radius 2 is 0.985 bits per heavy atom. The molecule has 0 aliphatic carbocycles. The summed E-state index contributed by atoms with van der Waals surface area (Å²) in [4.78, 5) is 244. The Hall–Kier alpha value is -11.8. The van der Waals surface area contributed by atoms with E-state index in [0.717, 1.165) is 28.5 Å². The van der Waals surface area contributed by atoms with Crippen molar-refractivity contribution in [1.29, 1.82) is 0 Å². The first-order valence-electron chi connectivity index (χ1n) is 43.4. The Bertz CT molecular complexity index is 4650. The minimum atomic E-state index is -1.92. The van der Waals surface area contributed by atoms with E-state index in [0.29, 0.717) is 105 Å². The summed E-state index contributed by atoms with van der Waals surface area (Å²) in [6, 6.07) is 1.79. The molecule has 0 saturated carbocycles. The molecule has 1 aliphatic heterocycles. The quantitative estimate of drug-likeness (QED) is 0.00958. The summed E-state index contributed by atoms with van der Waals surface area (Å²) in [7, 11) is 1.65. The van der Waals surface area contributed by atoms with E-state index in [1.807, 2.05) is 0 Å². The molecule has 1 saturated heterocycles. The maximum atomic E-state index is 15.3. The van der Waals surface area contributed by atoms with Crippen molar-refractivity contribution in [2.75, 3.05) is 104 Å². The van der Waals surface area contributed by atoms with E-state index in [-0.39, 0.29) is 75.9 Å². The van der Waals surface area contributed by atoms with Gasteiger partial charge in [0.15, 0.2) is 0 Å². The van der Waals surface area contributed by atoms with E-state index >= 15 is 9.59 Å². The van der Waals surface area contributed by atoms with Crippen LogP contribution in [0, 0.1) is 17.8 Å². The second-order valence-electron chi connectivity index (χ2n) is 32.2. The summed E-state index contributed by atoms with van der Waals surface area (Å²) in [5.41, 5.74) is 13.9. The molecule has 0 radical (unpaired) electrons. The summed E-state index contributed by atoms with van der Waals surface area (Å²) in [6.07, 6.45) is -0.916. The predicted octanol–water partition coefficient (Wildman–Crippen LogP) is -1.05. The number of hydrogen-bond acceptors (Lipinski definition) is 27. The van der Waals surface area contributed by atoms with Crippen LogP contribution in [0.3, 0.4) is 0 Å². The van der Waals surface area contributed by atoms with Crippen molar-refractivity contribution in [2.45, 2.75) is 186 Å². The number of benzene rings is 3. The number of rotatable bonds is 43. The number of para-hydroxylation sites is 2. The third-order valence-electron chi connectivity index (χ3n) is 20.0. The van der Waals surface area contributed by atoms with Gasteiger partial charge in [0.1, 0.15) is 72.2 Å². The van der Waals surface area contributed by atoms with Gasteiger partial charge in [-0.25, -0.2) is 0 Å². The Morgan fingerprint density at radius 1 is 0.508 bits per heavy atom. The highest BCUT2D eigenvalue weighted by molar-refractivity contribution is 8.76. The number of fused-ring (bicyclic) bond motifs is 2. The van der Waals surface area contributed by atoms with Gasteiger partial charge in [-0.2, -0.15) is 0 Å². The smallest absolute Gasteiger partial charge is 0.313 e. The van der Waals surface area contributed by atoms with Crippen molar-refractivity contribution in [3.05, 3.63) is 102 Å². The van der Waals surface area contributed by atoms with Crippen LogP contribution < -0.4 is 85.3 Å². The third kappa shape index (κ3) is 40.1. The van der Waals surface area contributed by atoms with E-state index in [1.165, 1.54) is 31.2 Å². The van der Waals surface area contributed by atoms with Gasteiger partial charge in [-0.15, -0.1) is 0 Å².